The summed E-state index contributed by atoms with van der Waals surface area (Å²) in [7, 11) is 3.59. The van der Waals surface area contributed by atoms with Gasteiger partial charge < -0.3 is 20.9 Å². The van der Waals surface area contributed by atoms with Crippen LogP contribution in [0.3, 0.4) is 0 Å². The highest BCUT2D eigenvalue weighted by Crippen LogP contribution is 2.43. The summed E-state index contributed by atoms with van der Waals surface area (Å²) in [6, 6.07) is 3.08. The van der Waals surface area contributed by atoms with Crippen molar-refractivity contribution in [1.29, 1.82) is 0 Å². The van der Waals surface area contributed by atoms with Gasteiger partial charge in [-0.05, 0) is 49.5 Å². The SMILES string of the molecule is CN=C(/C=C\CN)N1CCC[C@@H](N(C)C(=O)N[C@@H]2C[C@H]2c2cc(C)c(Cl)cc2F)C1. The minimum Gasteiger partial charge on any atom is -0.355 e. The third-order valence-corrected chi connectivity index (χ3v) is 6.40. The molecule has 1 aromatic rings. The Labute approximate surface area is 183 Å². The molecule has 1 saturated heterocycles. The fraction of sp³-hybridized carbons (Fsp3) is 0.545. The molecule has 0 spiro atoms. The number of carbonyl (C=O) groups is 1. The van der Waals surface area contributed by atoms with Crippen LogP contribution < -0.4 is 11.1 Å². The normalized spacial score (nSPS) is 24.3. The summed E-state index contributed by atoms with van der Waals surface area (Å²) in [6.07, 6.45) is 6.48. The van der Waals surface area contributed by atoms with Gasteiger partial charge in [0.25, 0.3) is 0 Å². The molecule has 1 saturated carbocycles. The van der Waals surface area contributed by atoms with Crippen molar-refractivity contribution in [2.24, 2.45) is 10.7 Å². The minimum atomic E-state index is -0.305. The van der Waals surface area contributed by atoms with Gasteiger partial charge in [-0.15, -0.1) is 0 Å². The molecule has 1 aliphatic heterocycles. The van der Waals surface area contributed by atoms with E-state index in [9.17, 15) is 9.18 Å². The van der Waals surface area contributed by atoms with Crippen molar-refractivity contribution < 1.29 is 9.18 Å². The number of piperidine rings is 1. The lowest BCUT2D eigenvalue weighted by atomic mass is 10.0. The fourth-order valence-corrected chi connectivity index (χ4v) is 4.21. The van der Waals surface area contributed by atoms with E-state index >= 15 is 0 Å². The summed E-state index contributed by atoms with van der Waals surface area (Å²) < 4.78 is 14.3. The first-order valence-electron chi connectivity index (χ1n) is 10.4. The van der Waals surface area contributed by atoms with E-state index in [-0.39, 0.29) is 29.8 Å². The van der Waals surface area contributed by atoms with Crippen LogP contribution in [-0.4, -0.2) is 67.5 Å². The zero-order valence-corrected chi connectivity index (χ0v) is 18.6. The van der Waals surface area contributed by atoms with Crippen LogP contribution in [0, 0.1) is 12.7 Å². The summed E-state index contributed by atoms with van der Waals surface area (Å²) in [6.45, 7) is 3.97. The largest absolute Gasteiger partial charge is 0.355 e. The Bertz CT molecular complexity index is 843. The topological polar surface area (TPSA) is 74.0 Å². The van der Waals surface area contributed by atoms with Gasteiger partial charge in [0.2, 0.25) is 0 Å². The second-order valence-electron chi connectivity index (χ2n) is 8.09. The summed E-state index contributed by atoms with van der Waals surface area (Å²) in [5.41, 5.74) is 7.03. The maximum absolute atomic E-state index is 14.3. The molecule has 164 valence electrons. The number of amidine groups is 1. The van der Waals surface area contributed by atoms with Crippen molar-refractivity contribution in [3.05, 3.63) is 46.3 Å². The molecule has 8 heteroatoms. The van der Waals surface area contributed by atoms with Crippen LogP contribution in [0.25, 0.3) is 0 Å². The molecule has 2 fully saturated rings. The molecule has 6 nitrogen and oxygen atoms in total. The molecule has 0 radical (unpaired) electrons. The van der Waals surface area contributed by atoms with Crippen molar-refractivity contribution in [3.8, 4) is 0 Å². The van der Waals surface area contributed by atoms with Gasteiger partial charge in [0.15, 0.2) is 0 Å². The first-order valence-corrected chi connectivity index (χ1v) is 10.8. The highest BCUT2D eigenvalue weighted by molar-refractivity contribution is 6.31. The summed E-state index contributed by atoms with van der Waals surface area (Å²) in [5, 5.41) is 3.49. The van der Waals surface area contributed by atoms with Gasteiger partial charge in [-0.2, -0.15) is 0 Å². The molecule has 3 atom stereocenters. The molecule has 0 bridgehead atoms. The van der Waals surface area contributed by atoms with E-state index in [0.29, 0.717) is 17.1 Å². The number of urea groups is 1. The number of hydrogen-bond donors (Lipinski definition) is 2. The summed E-state index contributed by atoms with van der Waals surface area (Å²) in [4.78, 5) is 21.1. The lowest BCUT2D eigenvalue weighted by molar-refractivity contribution is 0.156. The second kappa shape index (κ2) is 9.79. The summed E-state index contributed by atoms with van der Waals surface area (Å²) >= 11 is 5.99. The molecule has 0 unspecified atom stereocenters. The van der Waals surface area contributed by atoms with Gasteiger partial charge in [0.1, 0.15) is 11.7 Å². The number of benzene rings is 1. The van der Waals surface area contributed by atoms with E-state index in [1.54, 1.807) is 18.0 Å². The Morgan fingerprint density at radius 2 is 2.27 bits per heavy atom. The average molecular weight is 436 g/mol. The van der Waals surface area contributed by atoms with Gasteiger partial charge in [0, 0.05) is 50.7 Å². The Morgan fingerprint density at radius 3 is 2.97 bits per heavy atom. The maximum atomic E-state index is 14.3. The van der Waals surface area contributed by atoms with Crippen LogP contribution in [-0.2, 0) is 0 Å². The van der Waals surface area contributed by atoms with E-state index in [1.807, 2.05) is 26.1 Å². The van der Waals surface area contributed by atoms with Gasteiger partial charge in [0.05, 0.1) is 6.04 Å². The predicted molar refractivity (Wildman–Crippen MR) is 120 cm³/mol. The standard InChI is InChI=1S/C22H31ClFN5O/c1-14-10-16(19(24)12-18(14)23)17-11-20(17)27-22(30)28(3)15-6-5-9-29(13-15)21(26-2)7-4-8-25/h4,7,10,12,15,17,20H,5-6,8-9,11,13,25H2,1-3H3,(H,27,30)/b7-4-,26-21?/t15-,17+,20-/m1/s1. The molecule has 1 aliphatic carbocycles. The fourth-order valence-electron chi connectivity index (χ4n) is 4.06. The molecule has 3 rings (SSSR count). The smallest absolute Gasteiger partial charge is 0.317 e. The molecule has 30 heavy (non-hydrogen) atoms. The first kappa shape index (κ1) is 22.6. The molecular weight excluding hydrogens is 405 g/mol. The molecule has 2 amide bonds. The first-order chi connectivity index (χ1) is 14.3. The number of aryl methyl sites for hydroxylation is 1. The minimum absolute atomic E-state index is 0.00129. The quantitative estimate of drug-likeness (QED) is 0.550. The number of likely N-dealkylation sites (N-methyl/N-ethyl adjacent to an activating group) is 1. The molecular formula is C22H31ClFN5O. The molecule has 0 aromatic heterocycles. The molecule has 3 N–H and O–H groups in total. The Hall–Kier alpha value is -2.12. The third-order valence-electron chi connectivity index (χ3n) is 6.00. The predicted octanol–water partition coefficient (Wildman–Crippen LogP) is 3.29. The van der Waals surface area contributed by atoms with Gasteiger partial charge in [-0.25, -0.2) is 9.18 Å². The third kappa shape index (κ3) is 5.13. The van der Waals surface area contributed by atoms with Crippen LogP contribution in [0.4, 0.5) is 9.18 Å². The molecule has 1 heterocycles. The zero-order chi connectivity index (χ0) is 21.8. The van der Waals surface area contributed by atoms with Crippen LogP contribution in [0.15, 0.2) is 29.3 Å². The number of carbonyl (C=O) groups excluding carboxylic acids is 1. The Kier molecular flexibility index (Phi) is 7.36. The van der Waals surface area contributed by atoms with Gasteiger partial charge >= 0.3 is 6.03 Å². The average Bonchev–Trinajstić information content (AvgIpc) is 3.49. The second-order valence-corrected chi connectivity index (χ2v) is 8.50. The number of hydrogen-bond acceptors (Lipinski definition) is 3. The van der Waals surface area contributed by atoms with Crippen LogP contribution >= 0.6 is 11.6 Å². The van der Waals surface area contributed by atoms with Crippen LogP contribution in [0.2, 0.25) is 5.02 Å². The highest BCUT2D eigenvalue weighted by Gasteiger charge is 2.42. The monoisotopic (exact) mass is 435 g/mol. The van der Waals surface area contributed by atoms with Gasteiger partial charge in [-0.1, -0.05) is 23.7 Å². The van der Waals surface area contributed by atoms with Crippen LogP contribution in [0.5, 0.6) is 0 Å². The zero-order valence-electron chi connectivity index (χ0n) is 17.9. The molecule has 2 aliphatic rings. The number of likely N-dealkylation sites (tertiary alicyclic amines) is 1. The number of aliphatic imine (C=N–C) groups is 1. The van der Waals surface area contributed by atoms with Gasteiger partial charge in [-0.3, -0.25) is 4.99 Å². The van der Waals surface area contributed by atoms with Crippen LogP contribution in [0.1, 0.15) is 36.3 Å². The van der Waals surface area contributed by atoms with E-state index in [0.717, 1.165) is 43.8 Å². The number of nitrogens with two attached hydrogens (primary N) is 1. The van der Waals surface area contributed by atoms with Crippen molar-refractivity contribution in [3.63, 3.8) is 0 Å². The van der Waals surface area contributed by atoms with E-state index in [1.165, 1.54) is 6.07 Å². The number of rotatable bonds is 5. The van der Waals surface area contributed by atoms with E-state index < -0.39 is 0 Å². The van der Waals surface area contributed by atoms with E-state index in [2.05, 4.69) is 15.2 Å². The Morgan fingerprint density at radius 1 is 1.50 bits per heavy atom. The van der Waals surface area contributed by atoms with Crippen molar-refractivity contribution in [2.45, 2.75) is 44.2 Å². The van der Waals surface area contributed by atoms with Crippen molar-refractivity contribution in [1.82, 2.24) is 15.1 Å². The van der Waals surface area contributed by atoms with E-state index in [4.69, 9.17) is 17.3 Å². The lowest BCUT2D eigenvalue weighted by Gasteiger charge is -2.38. The number of amides is 2. The number of nitrogens with zero attached hydrogens (tertiary/aromatic N) is 3. The highest BCUT2D eigenvalue weighted by atomic mass is 35.5. The maximum Gasteiger partial charge on any atom is 0.317 e. The van der Waals surface area contributed by atoms with Crippen molar-refractivity contribution >= 4 is 23.5 Å². The lowest BCUT2D eigenvalue weighted by Crippen LogP contribution is -2.52. The summed E-state index contributed by atoms with van der Waals surface area (Å²) in [5.74, 6) is 0.580. The van der Waals surface area contributed by atoms with Crippen molar-refractivity contribution in [2.75, 3.05) is 33.7 Å². The Balaban J connectivity index is 1.57. The molecule has 1 aromatic carbocycles. The number of halogens is 2. The number of nitrogens with one attached hydrogen (secondary N) is 1.